The molecule has 0 saturated heterocycles. The van der Waals surface area contributed by atoms with E-state index in [1.54, 1.807) is 6.20 Å². The van der Waals surface area contributed by atoms with E-state index >= 15 is 0 Å². The number of pyridine rings is 1. The fraction of sp³-hybridized carbons (Fsp3) is 0.357. The Morgan fingerprint density at radius 2 is 2.00 bits per heavy atom. The molecule has 4 nitrogen and oxygen atoms in total. The predicted molar refractivity (Wildman–Crippen MR) is 71.0 cm³/mol. The predicted octanol–water partition coefficient (Wildman–Crippen LogP) is 2.83. The standard InChI is InChI=1S/C14H16N4/c1-10-9-13(17-14(16-10)11-6-7-11)18(2)12-5-3-4-8-15-12/h3-5,8-9,11H,6-7H2,1-2H3. The van der Waals surface area contributed by atoms with Crippen molar-refractivity contribution in [2.45, 2.75) is 25.7 Å². The Balaban J connectivity index is 1.96. The third kappa shape index (κ3) is 2.18. The monoisotopic (exact) mass is 240 g/mol. The summed E-state index contributed by atoms with van der Waals surface area (Å²) in [5, 5.41) is 0. The second-order valence-electron chi connectivity index (χ2n) is 4.75. The van der Waals surface area contributed by atoms with Crippen molar-refractivity contribution in [3.63, 3.8) is 0 Å². The summed E-state index contributed by atoms with van der Waals surface area (Å²) in [4.78, 5) is 15.5. The van der Waals surface area contributed by atoms with Gasteiger partial charge in [-0.15, -0.1) is 0 Å². The first-order chi connectivity index (χ1) is 8.74. The van der Waals surface area contributed by atoms with E-state index in [0.717, 1.165) is 23.2 Å². The molecule has 4 heteroatoms. The number of anilines is 2. The number of nitrogens with zero attached hydrogens (tertiary/aromatic N) is 4. The van der Waals surface area contributed by atoms with Crippen LogP contribution in [0.4, 0.5) is 11.6 Å². The van der Waals surface area contributed by atoms with Gasteiger partial charge in [0.15, 0.2) is 0 Å². The van der Waals surface area contributed by atoms with Crippen molar-refractivity contribution in [2.75, 3.05) is 11.9 Å². The molecule has 0 spiro atoms. The molecule has 2 aromatic rings. The maximum atomic E-state index is 4.65. The van der Waals surface area contributed by atoms with E-state index in [-0.39, 0.29) is 0 Å². The number of aryl methyl sites for hydroxylation is 1. The third-order valence-corrected chi connectivity index (χ3v) is 3.14. The number of hydrogen-bond donors (Lipinski definition) is 0. The van der Waals surface area contributed by atoms with Gasteiger partial charge >= 0.3 is 0 Å². The van der Waals surface area contributed by atoms with Crippen molar-refractivity contribution in [3.8, 4) is 0 Å². The van der Waals surface area contributed by atoms with Gasteiger partial charge in [0.1, 0.15) is 17.5 Å². The quantitative estimate of drug-likeness (QED) is 0.827. The van der Waals surface area contributed by atoms with Gasteiger partial charge in [0.2, 0.25) is 0 Å². The average Bonchev–Trinajstić information content (AvgIpc) is 3.22. The van der Waals surface area contributed by atoms with Crippen molar-refractivity contribution >= 4 is 11.6 Å². The first-order valence-corrected chi connectivity index (χ1v) is 6.24. The molecule has 18 heavy (non-hydrogen) atoms. The van der Waals surface area contributed by atoms with Crippen LogP contribution in [-0.4, -0.2) is 22.0 Å². The van der Waals surface area contributed by atoms with Gasteiger partial charge in [0, 0.05) is 30.9 Å². The van der Waals surface area contributed by atoms with Gasteiger partial charge in [0.05, 0.1) is 0 Å². The van der Waals surface area contributed by atoms with Gasteiger partial charge in [-0.05, 0) is 31.9 Å². The lowest BCUT2D eigenvalue weighted by Crippen LogP contribution is -2.14. The highest BCUT2D eigenvalue weighted by molar-refractivity contribution is 5.54. The first kappa shape index (κ1) is 11.1. The van der Waals surface area contributed by atoms with E-state index < -0.39 is 0 Å². The highest BCUT2D eigenvalue weighted by Gasteiger charge is 2.27. The van der Waals surface area contributed by atoms with Crippen molar-refractivity contribution in [2.24, 2.45) is 0 Å². The van der Waals surface area contributed by atoms with Crippen molar-refractivity contribution in [1.29, 1.82) is 0 Å². The first-order valence-electron chi connectivity index (χ1n) is 6.24. The molecular formula is C14H16N4. The SMILES string of the molecule is Cc1cc(N(C)c2ccccn2)nc(C2CC2)n1. The highest BCUT2D eigenvalue weighted by Crippen LogP contribution is 2.38. The molecule has 2 aromatic heterocycles. The molecule has 0 bridgehead atoms. The fourth-order valence-electron chi connectivity index (χ4n) is 1.94. The van der Waals surface area contributed by atoms with Crippen LogP contribution in [0.5, 0.6) is 0 Å². The van der Waals surface area contributed by atoms with Crippen molar-refractivity contribution in [1.82, 2.24) is 15.0 Å². The summed E-state index contributed by atoms with van der Waals surface area (Å²) in [5.74, 6) is 3.37. The Hall–Kier alpha value is -1.97. The summed E-state index contributed by atoms with van der Waals surface area (Å²) in [6, 6.07) is 7.88. The highest BCUT2D eigenvalue weighted by atomic mass is 15.2. The van der Waals surface area contributed by atoms with Crippen LogP contribution < -0.4 is 4.90 Å². The van der Waals surface area contributed by atoms with Crippen LogP contribution in [0.2, 0.25) is 0 Å². The molecule has 0 aromatic carbocycles. The van der Waals surface area contributed by atoms with Crippen molar-refractivity contribution < 1.29 is 0 Å². The van der Waals surface area contributed by atoms with Gasteiger partial charge in [-0.25, -0.2) is 15.0 Å². The summed E-state index contributed by atoms with van der Waals surface area (Å²) in [6.45, 7) is 2.02. The molecule has 1 aliphatic rings. The van der Waals surface area contributed by atoms with Gasteiger partial charge < -0.3 is 4.90 Å². The molecule has 0 amide bonds. The average molecular weight is 240 g/mol. The minimum atomic E-state index is 0.570. The zero-order chi connectivity index (χ0) is 12.5. The summed E-state index contributed by atoms with van der Waals surface area (Å²) < 4.78 is 0. The summed E-state index contributed by atoms with van der Waals surface area (Å²) in [6.07, 6.45) is 4.23. The minimum absolute atomic E-state index is 0.570. The topological polar surface area (TPSA) is 41.9 Å². The van der Waals surface area contributed by atoms with E-state index in [4.69, 9.17) is 0 Å². The summed E-state index contributed by atoms with van der Waals surface area (Å²) in [5.41, 5.74) is 1.02. The largest absolute Gasteiger partial charge is 0.314 e. The number of aromatic nitrogens is 3. The van der Waals surface area contributed by atoms with Crippen LogP contribution in [-0.2, 0) is 0 Å². The Labute approximate surface area is 107 Å². The maximum Gasteiger partial charge on any atom is 0.137 e. The Morgan fingerprint density at radius 3 is 2.67 bits per heavy atom. The van der Waals surface area contributed by atoms with Gasteiger partial charge in [0.25, 0.3) is 0 Å². The van der Waals surface area contributed by atoms with Crippen molar-refractivity contribution in [3.05, 3.63) is 42.0 Å². The lowest BCUT2D eigenvalue weighted by molar-refractivity contribution is 0.892. The molecule has 0 aliphatic heterocycles. The lowest BCUT2D eigenvalue weighted by atomic mass is 10.3. The van der Waals surface area contributed by atoms with Gasteiger partial charge in [-0.2, -0.15) is 0 Å². The van der Waals surface area contributed by atoms with Gasteiger partial charge in [-0.3, -0.25) is 0 Å². The molecule has 1 aliphatic carbocycles. The van der Waals surface area contributed by atoms with Crippen LogP contribution >= 0.6 is 0 Å². The van der Waals surface area contributed by atoms with E-state index in [9.17, 15) is 0 Å². The zero-order valence-electron chi connectivity index (χ0n) is 10.7. The summed E-state index contributed by atoms with van der Waals surface area (Å²) in [7, 11) is 1.99. The normalized spacial score (nSPS) is 14.6. The molecule has 1 saturated carbocycles. The van der Waals surface area contributed by atoms with Crippen LogP contribution in [0.3, 0.4) is 0 Å². The maximum absolute atomic E-state index is 4.65. The molecule has 0 radical (unpaired) electrons. The zero-order valence-corrected chi connectivity index (χ0v) is 10.7. The molecule has 0 atom stereocenters. The van der Waals surface area contributed by atoms with E-state index in [0.29, 0.717) is 5.92 Å². The third-order valence-electron chi connectivity index (χ3n) is 3.14. The minimum Gasteiger partial charge on any atom is -0.314 e. The lowest BCUT2D eigenvalue weighted by Gasteiger charge is -2.18. The van der Waals surface area contributed by atoms with Crippen LogP contribution in [0.25, 0.3) is 0 Å². The second kappa shape index (κ2) is 4.37. The molecule has 0 unspecified atom stereocenters. The summed E-state index contributed by atoms with van der Waals surface area (Å²) >= 11 is 0. The Morgan fingerprint density at radius 1 is 1.17 bits per heavy atom. The molecule has 92 valence electrons. The van der Waals surface area contributed by atoms with Crippen LogP contribution in [0.15, 0.2) is 30.5 Å². The van der Waals surface area contributed by atoms with E-state index in [1.165, 1.54) is 12.8 Å². The second-order valence-corrected chi connectivity index (χ2v) is 4.75. The Kier molecular flexibility index (Phi) is 2.70. The molecular weight excluding hydrogens is 224 g/mol. The molecule has 2 heterocycles. The van der Waals surface area contributed by atoms with Gasteiger partial charge in [-0.1, -0.05) is 6.07 Å². The van der Waals surface area contributed by atoms with E-state index in [2.05, 4.69) is 15.0 Å². The van der Waals surface area contributed by atoms with E-state index in [1.807, 2.05) is 43.1 Å². The smallest absolute Gasteiger partial charge is 0.137 e. The van der Waals surface area contributed by atoms with Crippen LogP contribution in [0.1, 0.15) is 30.3 Å². The molecule has 0 N–H and O–H groups in total. The number of rotatable bonds is 3. The number of hydrogen-bond acceptors (Lipinski definition) is 4. The molecule has 1 fully saturated rings. The Bertz CT molecular complexity index is 549. The molecule has 3 rings (SSSR count). The fourth-order valence-corrected chi connectivity index (χ4v) is 1.94. The van der Waals surface area contributed by atoms with Crippen LogP contribution in [0, 0.1) is 6.92 Å².